The Balaban J connectivity index is 1.91. The lowest BCUT2D eigenvalue weighted by atomic mass is 9.70. The van der Waals surface area contributed by atoms with Gasteiger partial charge in [-0.05, 0) is 26.2 Å². The van der Waals surface area contributed by atoms with Crippen LogP contribution < -0.4 is 0 Å². The zero-order valence-corrected chi connectivity index (χ0v) is 13.2. The van der Waals surface area contributed by atoms with E-state index < -0.39 is 50.1 Å². The van der Waals surface area contributed by atoms with Crippen LogP contribution in [0.25, 0.3) is 0 Å². The summed E-state index contributed by atoms with van der Waals surface area (Å²) in [5.41, 5.74) is -9.98. The molecule has 0 unspecified atom stereocenters. The van der Waals surface area contributed by atoms with Crippen molar-refractivity contribution >= 4 is 16.1 Å². The first kappa shape index (κ1) is 15.9. The van der Waals surface area contributed by atoms with Crippen LogP contribution in [-0.4, -0.2) is 37.2 Å². The average molecular weight is 366 g/mol. The van der Waals surface area contributed by atoms with E-state index >= 15 is 0 Å². The molecule has 132 valence electrons. The van der Waals surface area contributed by atoms with E-state index in [1.165, 1.54) is 6.92 Å². The third-order valence-corrected chi connectivity index (χ3v) is 6.21. The lowest BCUT2D eigenvalue weighted by molar-refractivity contribution is -0.169. The van der Waals surface area contributed by atoms with E-state index in [-0.39, 0.29) is 6.42 Å². The first-order valence-electron chi connectivity index (χ1n) is 7.31. The van der Waals surface area contributed by atoms with E-state index in [9.17, 15) is 26.4 Å². The van der Waals surface area contributed by atoms with Gasteiger partial charge in [0.1, 0.15) is 17.5 Å². The maximum atomic E-state index is 12.8. The van der Waals surface area contributed by atoms with Crippen LogP contribution >= 0.6 is 0 Å². The molecule has 1 aliphatic carbocycles. The summed E-state index contributed by atoms with van der Waals surface area (Å²) in [5, 5.41) is 0. The lowest BCUT2D eigenvalue weighted by Gasteiger charge is -2.42. The molecule has 6 nitrogen and oxygen atoms in total. The molecule has 24 heavy (non-hydrogen) atoms. The highest BCUT2D eigenvalue weighted by atomic mass is 32.2. The Morgan fingerprint density at radius 3 is 2.71 bits per heavy atom. The van der Waals surface area contributed by atoms with Crippen LogP contribution in [0.3, 0.4) is 0 Å². The highest BCUT2D eigenvalue weighted by Crippen LogP contribution is 2.63. The molecule has 5 aliphatic rings. The van der Waals surface area contributed by atoms with Crippen molar-refractivity contribution < 1.29 is 40.0 Å². The number of ether oxygens (including phenoxy) is 2. The topological polar surface area (TPSA) is 78.9 Å². The number of alkyl halides is 3. The summed E-state index contributed by atoms with van der Waals surface area (Å²) in [4.78, 5) is 12.7. The van der Waals surface area contributed by atoms with Gasteiger partial charge in [-0.2, -0.15) is 21.6 Å². The second kappa shape index (κ2) is 4.16. The smallest absolute Gasteiger partial charge is 0.451 e. The monoisotopic (exact) mass is 366 g/mol. The number of carbonyl (C=O) groups excluding carboxylic acids is 1. The molecule has 0 amide bonds. The van der Waals surface area contributed by atoms with Crippen molar-refractivity contribution in [3.05, 3.63) is 24.0 Å². The number of carbonyl (C=O) groups is 1. The largest absolute Gasteiger partial charge is 0.534 e. The molecule has 4 atom stereocenters. The van der Waals surface area contributed by atoms with Gasteiger partial charge in [0.05, 0.1) is 0 Å². The third-order valence-electron chi connectivity index (χ3n) is 5.25. The van der Waals surface area contributed by atoms with Gasteiger partial charge in [0.2, 0.25) is 0 Å². The Labute approximate surface area is 135 Å². The van der Waals surface area contributed by atoms with Gasteiger partial charge in [-0.15, -0.1) is 0 Å². The van der Waals surface area contributed by atoms with Crippen molar-refractivity contribution in [3.8, 4) is 0 Å². The maximum Gasteiger partial charge on any atom is 0.534 e. The number of esters is 1. The van der Waals surface area contributed by atoms with Crippen molar-refractivity contribution in [1.29, 1.82) is 0 Å². The Kier molecular flexibility index (Phi) is 2.76. The fourth-order valence-corrected chi connectivity index (χ4v) is 4.61. The molecule has 0 radical (unpaired) electrons. The number of rotatable bonds is 2. The molecule has 4 bridgehead atoms. The Morgan fingerprint density at radius 2 is 2.04 bits per heavy atom. The summed E-state index contributed by atoms with van der Waals surface area (Å²) in [6, 6.07) is 0. The predicted octanol–water partition coefficient (Wildman–Crippen LogP) is 1.93. The highest BCUT2D eigenvalue weighted by molar-refractivity contribution is 7.87. The van der Waals surface area contributed by atoms with Crippen molar-refractivity contribution in [1.82, 2.24) is 0 Å². The van der Waals surface area contributed by atoms with E-state index in [0.717, 1.165) is 6.08 Å². The molecule has 2 spiro atoms. The van der Waals surface area contributed by atoms with E-state index in [1.54, 1.807) is 12.2 Å². The van der Waals surface area contributed by atoms with Crippen LogP contribution in [0.15, 0.2) is 24.0 Å². The molecule has 5 rings (SSSR count). The summed E-state index contributed by atoms with van der Waals surface area (Å²) in [6.45, 7) is 1.44. The van der Waals surface area contributed by atoms with Crippen molar-refractivity contribution in [2.75, 3.05) is 0 Å². The van der Waals surface area contributed by atoms with Crippen LogP contribution in [0.1, 0.15) is 26.2 Å². The molecular formula is C14H13F3O6S. The highest BCUT2D eigenvalue weighted by Gasteiger charge is 2.73. The number of hydrogen-bond donors (Lipinski definition) is 0. The van der Waals surface area contributed by atoms with Crippen LogP contribution in [0.5, 0.6) is 0 Å². The minimum Gasteiger partial charge on any atom is -0.451 e. The van der Waals surface area contributed by atoms with Crippen LogP contribution in [-0.2, 0) is 28.6 Å². The first-order chi connectivity index (χ1) is 11.0. The maximum absolute atomic E-state index is 12.8. The van der Waals surface area contributed by atoms with Crippen LogP contribution in [0.2, 0.25) is 0 Å². The molecule has 0 N–H and O–H groups in total. The first-order valence-corrected chi connectivity index (χ1v) is 8.71. The number of fused-ring (bicyclic) bond motifs is 1. The molecule has 0 aromatic carbocycles. The summed E-state index contributed by atoms with van der Waals surface area (Å²) < 4.78 is 77.1. The molecule has 4 heterocycles. The van der Waals surface area contributed by atoms with Crippen molar-refractivity contribution in [2.45, 2.75) is 49.0 Å². The molecule has 2 fully saturated rings. The van der Waals surface area contributed by atoms with E-state index in [2.05, 4.69) is 4.18 Å². The molecule has 10 heteroatoms. The molecule has 4 aliphatic heterocycles. The standard InChI is InChI=1S/C14H13F3O6S/c1-11-7-9(23-24(19,20)14(15,16)17)13(10(18)22-11)5-2-4-12(13)6-3-8(11)21-12/h3,6-8H,2,4-5H2,1H3/t8-,11-,12+,13-/m0/s1. The van der Waals surface area contributed by atoms with E-state index in [0.29, 0.717) is 12.8 Å². The molecular weight excluding hydrogens is 353 g/mol. The average Bonchev–Trinajstić information content (AvgIpc) is 2.98. The van der Waals surface area contributed by atoms with Crippen molar-refractivity contribution in [2.24, 2.45) is 5.41 Å². The third kappa shape index (κ3) is 1.65. The predicted molar refractivity (Wildman–Crippen MR) is 71.7 cm³/mol. The second-order valence-electron chi connectivity index (χ2n) is 6.61. The minimum absolute atomic E-state index is 0.0815. The molecule has 1 saturated heterocycles. The molecule has 0 aromatic rings. The van der Waals surface area contributed by atoms with Crippen LogP contribution in [0.4, 0.5) is 13.2 Å². The second-order valence-corrected chi connectivity index (χ2v) is 8.15. The SMILES string of the molecule is C[C@]12C=C(OS(=O)(=O)C(F)(F)F)[C@@]3(CCC[C@@]34C=C[C@@H]1O4)C(=O)O2. The van der Waals surface area contributed by atoms with Gasteiger partial charge >= 0.3 is 21.6 Å². The Hall–Kier alpha value is -1.55. The van der Waals surface area contributed by atoms with Gasteiger partial charge in [0, 0.05) is 6.08 Å². The van der Waals surface area contributed by atoms with Crippen molar-refractivity contribution in [3.63, 3.8) is 0 Å². The fraction of sp³-hybridized carbons (Fsp3) is 0.643. The Bertz CT molecular complexity index is 800. The van der Waals surface area contributed by atoms with Gasteiger partial charge in [-0.25, -0.2) is 0 Å². The van der Waals surface area contributed by atoms with E-state index in [4.69, 9.17) is 9.47 Å². The zero-order chi connectivity index (χ0) is 17.6. The zero-order valence-electron chi connectivity index (χ0n) is 12.4. The minimum atomic E-state index is -5.91. The van der Waals surface area contributed by atoms with Gasteiger partial charge in [0.25, 0.3) is 0 Å². The summed E-state index contributed by atoms with van der Waals surface area (Å²) in [6.07, 6.45) is 4.64. The lowest BCUT2D eigenvalue weighted by Crippen LogP contribution is -2.53. The van der Waals surface area contributed by atoms with Gasteiger partial charge in [0.15, 0.2) is 11.0 Å². The summed E-state index contributed by atoms with van der Waals surface area (Å²) in [5.74, 6) is -1.37. The van der Waals surface area contributed by atoms with Gasteiger partial charge in [-0.1, -0.05) is 12.2 Å². The summed E-state index contributed by atoms with van der Waals surface area (Å²) in [7, 11) is -5.91. The molecule has 0 aromatic heterocycles. The normalized spacial score (nSPS) is 43.2. The van der Waals surface area contributed by atoms with E-state index in [1.807, 2.05) is 0 Å². The summed E-state index contributed by atoms with van der Waals surface area (Å²) >= 11 is 0. The Morgan fingerprint density at radius 1 is 1.33 bits per heavy atom. The fourth-order valence-electron chi connectivity index (χ4n) is 4.09. The molecule has 1 saturated carbocycles. The number of halogens is 3. The van der Waals surface area contributed by atoms with Gasteiger partial charge in [-0.3, -0.25) is 4.79 Å². The number of hydrogen-bond acceptors (Lipinski definition) is 6. The van der Waals surface area contributed by atoms with Gasteiger partial charge < -0.3 is 13.7 Å². The van der Waals surface area contributed by atoms with Crippen LogP contribution in [0, 0.1) is 5.41 Å². The quantitative estimate of drug-likeness (QED) is 0.322.